The first-order valence-corrected chi connectivity index (χ1v) is 28.9. The fraction of sp³-hybridized carbons (Fsp3) is 0.389. The minimum absolute atomic E-state index is 0.0326. The number of thiazole rings is 1. The molecule has 0 aliphatic carbocycles. The van der Waals surface area contributed by atoms with Gasteiger partial charge in [0.2, 0.25) is 35.4 Å². The van der Waals surface area contributed by atoms with Crippen LogP contribution in [0.5, 0.6) is 0 Å². The van der Waals surface area contributed by atoms with Gasteiger partial charge in [-0.1, -0.05) is 30.4 Å². The van der Waals surface area contributed by atoms with Crippen LogP contribution in [0.15, 0.2) is 72.1 Å². The van der Waals surface area contributed by atoms with E-state index >= 15 is 0 Å². The van der Waals surface area contributed by atoms with Crippen LogP contribution in [0.3, 0.4) is 0 Å². The van der Waals surface area contributed by atoms with Crippen molar-refractivity contribution in [3.05, 3.63) is 110 Å². The number of nitrogens with two attached hydrogens (primary N) is 1. The van der Waals surface area contributed by atoms with Crippen molar-refractivity contribution in [2.24, 2.45) is 5.73 Å². The summed E-state index contributed by atoms with van der Waals surface area (Å²) < 4.78 is 55.1. The van der Waals surface area contributed by atoms with Crippen molar-refractivity contribution in [2.75, 3.05) is 13.1 Å². The molecule has 0 saturated carbocycles. The third-order valence-electron chi connectivity index (χ3n) is 14.6. The molecule has 4 aliphatic rings. The molecule has 0 spiro atoms. The second-order valence-electron chi connectivity index (χ2n) is 19.8. The topological polar surface area (TPSA) is 279 Å². The number of halogens is 3. The molecule has 414 valence electrons. The van der Waals surface area contributed by atoms with Crippen LogP contribution < -0.4 is 21.7 Å². The maximum atomic E-state index is 14.9. The predicted octanol–water partition coefficient (Wildman–Crippen LogP) is 5.97. The van der Waals surface area contributed by atoms with E-state index in [1.54, 1.807) is 35.7 Å². The first kappa shape index (κ1) is 56.4. The summed E-state index contributed by atoms with van der Waals surface area (Å²) in [5.41, 5.74) is 2.99. The first-order chi connectivity index (χ1) is 37.7. The Kier molecular flexibility index (Phi) is 16.8. The monoisotopic (exact) mass is 1140 g/mol. The molecule has 5 aromatic rings. The number of fused-ring (bicyclic) bond motifs is 3. The number of hydrogen-bond acceptors (Lipinski definition) is 12. The number of unbranched alkanes of at least 4 members (excludes halogenated alkanes) is 3. The van der Waals surface area contributed by atoms with Gasteiger partial charge in [0.05, 0.1) is 16.6 Å². The number of alkyl halides is 2. The number of rotatable bonds is 17. The fourth-order valence-electron chi connectivity index (χ4n) is 10.4. The molecule has 0 bridgehead atoms. The SMILES string of the molecule is NC(=O)CCC(NC(=O)[C@@H]1CC[C@@H]2CCN(C(=O)CCCCCC#Cc3cccc4c3CN(C3CCC(=O)NC3=O)C4=O)C[C@H](NC(=O)c3cc4cc(C(F)(F)P(=O)(O)O)ccc4s3)C(=O)N21)c1nc(-c2ccc(F)cc2)cs1. The zero-order chi connectivity index (χ0) is 56.3. The molecular formula is C54H54F3N8O11PS2. The highest BCUT2D eigenvalue weighted by atomic mass is 32.1. The number of carbonyl (C=O) groups excluding carboxylic acids is 8. The minimum atomic E-state index is -5.91. The van der Waals surface area contributed by atoms with E-state index in [1.807, 2.05) is 0 Å². The highest BCUT2D eigenvalue weighted by Crippen LogP contribution is 2.59. The Morgan fingerprint density at radius 1 is 0.962 bits per heavy atom. The lowest BCUT2D eigenvalue weighted by Crippen LogP contribution is -2.61. The lowest BCUT2D eigenvalue weighted by atomic mass is 10.0. The van der Waals surface area contributed by atoms with E-state index in [2.05, 4.69) is 32.8 Å². The molecule has 19 nitrogen and oxygen atoms in total. The Morgan fingerprint density at radius 2 is 1.75 bits per heavy atom. The third kappa shape index (κ3) is 12.5. The minimum Gasteiger partial charge on any atom is -0.370 e. The number of benzene rings is 3. The summed E-state index contributed by atoms with van der Waals surface area (Å²) in [7, 11) is -5.91. The van der Waals surface area contributed by atoms with Crippen LogP contribution in [0, 0.1) is 17.7 Å². The van der Waals surface area contributed by atoms with Crippen LogP contribution in [0.2, 0.25) is 0 Å². The predicted molar refractivity (Wildman–Crippen MR) is 283 cm³/mol. The molecule has 9 rings (SSSR count). The zero-order valence-corrected chi connectivity index (χ0v) is 44.8. The van der Waals surface area contributed by atoms with Crippen molar-refractivity contribution in [3.8, 4) is 23.1 Å². The molecule has 5 atom stereocenters. The van der Waals surface area contributed by atoms with Crippen LogP contribution in [0.25, 0.3) is 21.3 Å². The Balaban J connectivity index is 0.881. The number of nitrogens with one attached hydrogen (secondary N) is 3. The number of piperidine rings is 1. The van der Waals surface area contributed by atoms with Gasteiger partial charge >= 0.3 is 13.3 Å². The number of nitrogens with zero attached hydrogens (tertiary/aromatic N) is 4. The molecule has 3 fully saturated rings. The van der Waals surface area contributed by atoms with Crippen molar-refractivity contribution < 1.29 is 65.9 Å². The van der Waals surface area contributed by atoms with Gasteiger partial charge in [-0.05, 0) is 110 Å². The lowest BCUT2D eigenvalue weighted by Gasteiger charge is -2.39. The van der Waals surface area contributed by atoms with E-state index in [4.69, 9.17) is 5.73 Å². The van der Waals surface area contributed by atoms with Gasteiger partial charge in [-0.3, -0.25) is 48.2 Å². The first-order valence-electron chi connectivity index (χ1n) is 25.6. The second kappa shape index (κ2) is 23.6. The number of primary amides is 1. The Bertz CT molecular complexity index is 3380. The number of imide groups is 1. The molecular weight excluding hydrogens is 1090 g/mol. The van der Waals surface area contributed by atoms with Crippen LogP contribution in [0.1, 0.15) is 125 Å². The van der Waals surface area contributed by atoms with Gasteiger partial charge in [0.1, 0.15) is 29.0 Å². The fourth-order valence-corrected chi connectivity index (χ4v) is 12.7. The van der Waals surface area contributed by atoms with Crippen LogP contribution in [0.4, 0.5) is 13.2 Å². The molecule has 3 saturated heterocycles. The van der Waals surface area contributed by atoms with E-state index < -0.39 is 84.4 Å². The Morgan fingerprint density at radius 3 is 2.49 bits per heavy atom. The van der Waals surface area contributed by atoms with E-state index in [0.29, 0.717) is 76.2 Å². The van der Waals surface area contributed by atoms with Crippen LogP contribution in [-0.2, 0) is 45.5 Å². The summed E-state index contributed by atoms with van der Waals surface area (Å²) in [6.45, 7) is 0.0641. The smallest absolute Gasteiger partial charge is 0.370 e. The number of amides is 8. The van der Waals surface area contributed by atoms with Crippen LogP contribution >= 0.6 is 30.3 Å². The molecule has 8 amide bonds. The lowest BCUT2D eigenvalue weighted by molar-refractivity contribution is -0.145. The maximum Gasteiger partial charge on any atom is 0.399 e. The Hall–Kier alpha value is -7.29. The van der Waals surface area contributed by atoms with Crippen LogP contribution in [-0.4, -0.2) is 114 Å². The molecule has 2 unspecified atom stereocenters. The molecule has 2 aromatic heterocycles. The van der Waals surface area contributed by atoms with Crippen molar-refractivity contribution in [1.29, 1.82) is 0 Å². The standard InChI is InChI=1S/C54H54F3N8O11PS2/c55-34-14-11-31(12-15-34)40-29-78-51(61-40)38(17-21-45(58)66)59-49(70)42-18-16-35-23-24-63(28-39(53(73)65(35)42)60-50(71)44-26-32-25-33(13-20-43(32)79-44)54(56,57)77(74,75)76)47(68)10-5-3-1-2-4-7-30-8-6-9-36-37(30)27-64(52(36)72)41-19-22-46(67)62-48(41)69/h6,8-9,11-15,20,25-26,29,35,38-39,41-42H,1-3,5,10,16-19,21-24,27-28H2,(H2,58,66)(H,59,70)(H,60,71)(H,62,67,69)(H2,74,75,76)/t35-,38?,39+,41?,42+/m1/s1. The van der Waals surface area contributed by atoms with Gasteiger partial charge in [0, 0.05) is 83.7 Å². The van der Waals surface area contributed by atoms with Crippen molar-refractivity contribution in [2.45, 2.75) is 119 Å². The quantitative estimate of drug-likeness (QED) is 0.0272. The molecule has 25 heteroatoms. The zero-order valence-electron chi connectivity index (χ0n) is 42.3. The number of aromatic nitrogens is 1. The maximum absolute atomic E-state index is 14.9. The highest BCUT2D eigenvalue weighted by molar-refractivity contribution is 7.52. The van der Waals surface area contributed by atoms with Gasteiger partial charge in [0.25, 0.3) is 11.8 Å². The van der Waals surface area contributed by atoms with E-state index in [0.717, 1.165) is 23.5 Å². The largest absolute Gasteiger partial charge is 0.399 e. The van der Waals surface area contributed by atoms with Gasteiger partial charge in [-0.15, -0.1) is 22.7 Å². The highest BCUT2D eigenvalue weighted by Gasteiger charge is 2.51. The number of carbonyl (C=O) groups is 8. The summed E-state index contributed by atoms with van der Waals surface area (Å²) in [4.78, 5) is 135. The van der Waals surface area contributed by atoms with E-state index in [-0.39, 0.29) is 86.1 Å². The molecule has 4 aliphatic heterocycles. The number of thiophene rings is 1. The van der Waals surface area contributed by atoms with Crippen molar-refractivity contribution >= 4 is 87.6 Å². The summed E-state index contributed by atoms with van der Waals surface area (Å²) in [6.07, 6.45) is 3.48. The summed E-state index contributed by atoms with van der Waals surface area (Å²) in [5, 5.41) is 10.3. The molecule has 0 radical (unpaired) electrons. The summed E-state index contributed by atoms with van der Waals surface area (Å²) >= 11 is 2.09. The normalized spacial score (nSPS) is 19.9. The molecule has 79 heavy (non-hydrogen) atoms. The van der Waals surface area contributed by atoms with Crippen molar-refractivity contribution in [1.82, 2.24) is 35.6 Å². The van der Waals surface area contributed by atoms with Gasteiger partial charge in [0.15, 0.2) is 0 Å². The third-order valence-corrected chi connectivity index (χ3v) is 17.6. The van der Waals surface area contributed by atoms with E-state index in [1.165, 1.54) is 50.3 Å². The molecule has 6 heterocycles. The Labute approximate surface area is 458 Å². The molecule has 3 aromatic carbocycles. The van der Waals surface area contributed by atoms with E-state index in [9.17, 15) is 65.9 Å². The van der Waals surface area contributed by atoms with Gasteiger partial charge < -0.3 is 40.9 Å². The molecule has 7 N–H and O–H groups in total. The average Bonchev–Trinajstić information content (AvgIpc) is 4.41. The number of hydrogen-bond donors (Lipinski definition) is 6. The van der Waals surface area contributed by atoms with Gasteiger partial charge in [-0.2, -0.15) is 8.78 Å². The van der Waals surface area contributed by atoms with Gasteiger partial charge in [-0.25, -0.2) is 9.37 Å². The van der Waals surface area contributed by atoms with Crippen molar-refractivity contribution in [3.63, 3.8) is 0 Å². The summed E-state index contributed by atoms with van der Waals surface area (Å²) in [6, 6.07) is 10.5. The summed E-state index contributed by atoms with van der Waals surface area (Å²) in [5.74, 6) is 1.76. The second-order valence-corrected chi connectivity index (χ2v) is 23.5. The average molecular weight is 1140 g/mol.